The Balaban J connectivity index is 2.26. The van der Waals surface area contributed by atoms with Crippen molar-refractivity contribution < 1.29 is 0 Å². The van der Waals surface area contributed by atoms with Gasteiger partial charge in [-0.15, -0.1) is 11.6 Å². The molecule has 0 amide bonds. The molecule has 2 nitrogen and oxygen atoms in total. The molecule has 0 aromatic rings. The monoisotopic (exact) mass is 119 g/mol. The first kappa shape index (κ1) is 5.35. The van der Waals surface area contributed by atoms with Gasteiger partial charge in [0, 0.05) is 20.1 Å². The molecule has 1 unspecified atom stereocenters. The number of nitrogens with zero attached hydrogens (tertiary/aromatic N) is 2. The van der Waals surface area contributed by atoms with Gasteiger partial charge in [0.15, 0.2) is 0 Å². The van der Waals surface area contributed by atoms with E-state index in [1.807, 2.05) is 12.1 Å². The van der Waals surface area contributed by atoms with E-state index in [0.29, 0.717) is 0 Å². The predicted molar refractivity (Wildman–Crippen MR) is 29.3 cm³/mol. The fourth-order valence-corrected chi connectivity index (χ4v) is 0.892. The molecule has 41 valence electrons. The Kier molecular flexibility index (Phi) is 1.52. The standard InChI is InChI=1S/C4H8ClN2/c1-7-3-4(5)2-6-7/h4H,2-3H2,1H3. The molecule has 1 saturated heterocycles. The molecular weight excluding hydrogens is 112 g/mol. The van der Waals surface area contributed by atoms with E-state index < -0.39 is 0 Å². The number of alkyl halides is 1. The van der Waals surface area contributed by atoms with Crippen molar-refractivity contribution in [2.45, 2.75) is 5.38 Å². The van der Waals surface area contributed by atoms with Crippen molar-refractivity contribution >= 4 is 11.6 Å². The van der Waals surface area contributed by atoms with E-state index in [0.717, 1.165) is 13.1 Å². The third-order valence-corrected chi connectivity index (χ3v) is 1.26. The van der Waals surface area contributed by atoms with Crippen LogP contribution in [0.1, 0.15) is 0 Å². The summed E-state index contributed by atoms with van der Waals surface area (Å²) in [7, 11) is 1.93. The van der Waals surface area contributed by atoms with Crippen LogP contribution >= 0.6 is 11.6 Å². The number of halogens is 1. The van der Waals surface area contributed by atoms with Gasteiger partial charge in [0.05, 0.1) is 5.38 Å². The van der Waals surface area contributed by atoms with Gasteiger partial charge >= 0.3 is 0 Å². The quantitative estimate of drug-likeness (QED) is 0.412. The van der Waals surface area contributed by atoms with Gasteiger partial charge in [-0.1, -0.05) is 0 Å². The van der Waals surface area contributed by atoms with E-state index >= 15 is 0 Å². The van der Waals surface area contributed by atoms with Crippen LogP contribution in [0.3, 0.4) is 0 Å². The molecule has 1 rings (SSSR count). The van der Waals surface area contributed by atoms with E-state index in [4.69, 9.17) is 11.6 Å². The second kappa shape index (κ2) is 1.99. The largest absolute Gasteiger partial charge is 0.228 e. The summed E-state index contributed by atoms with van der Waals surface area (Å²) < 4.78 is 0. The molecule has 1 aliphatic rings. The van der Waals surface area contributed by atoms with E-state index in [1.165, 1.54) is 0 Å². The van der Waals surface area contributed by atoms with Crippen LogP contribution < -0.4 is 5.43 Å². The van der Waals surface area contributed by atoms with Gasteiger partial charge < -0.3 is 0 Å². The highest BCUT2D eigenvalue weighted by Gasteiger charge is 2.16. The molecule has 3 heteroatoms. The minimum atomic E-state index is 0.255. The lowest BCUT2D eigenvalue weighted by atomic mass is 10.5. The van der Waals surface area contributed by atoms with Crippen LogP contribution in [0.5, 0.6) is 0 Å². The molecule has 0 aliphatic carbocycles. The summed E-state index contributed by atoms with van der Waals surface area (Å²) in [5.74, 6) is 0. The summed E-state index contributed by atoms with van der Waals surface area (Å²) in [5.41, 5.74) is 4.02. The lowest BCUT2D eigenvalue weighted by Gasteiger charge is -2.00. The van der Waals surface area contributed by atoms with Gasteiger partial charge in [0.1, 0.15) is 0 Å². The zero-order valence-electron chi connectivity index (χ0n) is 4.26. The Morgan fingerprint density at radius 2 is 2.57 bits per heavy atom. The first-order valence-corrected chi connectivity index (χ1v) is 2.75. The van der Waals surface area contributed by atoms with Crippen molar-refractivity contribution in [3.8, 4) is 0 Å². The molecule has 0 aromatic heterocycles. The van der Waals surface area contributed by atoms with E-state index in [2.05, 4.69) is 5.43 Å². The van der Waals surface area contributed by atoms with Gasteiger partial charge in [0.2, 0.25) is 0 Å². The molecule has 1 atom stereocenters. The van der Waals surface area contributed by atoms with Crippen LogP contribution in [-0.4, -0.2) is 30.5 Å². The molecule has 1 fully saturated rings. The highest BCUT2D eigenvalue weighted by atomic mass is 35.5. The first-order valence-electron chi connectivity index (χ1n) is 2.31. The summed E-state index contributed by atoms with van der Waals surface area (Å²) >= 11 is 5.67. The summed E-state index contributed by atoms with van der Waals surface area (Å²) in [4.78, 5) is 0. The summed E-state index contributed by atoms with van der Waals surface area (Å²) in [6, 6.07) is 0. The third kappa shape index (κ3) is 1.30. The molecule has 0 aromatic carbocycles. The molecule has 0 saturated carbocycles. The zero-order valence-corrected chi connectivity index (χ0v) is 5.02. The SMILES string of the molecule is CN1CC(Cl)C[N]1. The van der Waals surface area contributed by atoms with Crippen LogP contribution in [-0.2, 0) is 0 Å². The highest BCUT2D eigenvalue weighted by molar-refractivity contribution is 6.21. The Hall–Kier alpha value is 0.210. The average molecular weight is 120 g/mol. The van der Waals surface area contributed by atoms with E-state index in [1.54, 1.807) is 0 Å². The molecule has 1 aliphatic heterocycles. The first-order chi connectivity index (χ1) is 3.29. The Morgan fingerprint density at radius 1 is 1.86 bits per heavy atom. The maximum atomic E-state index is 5.67. The number of rotatable bonds is 0. The molecule has 0 bridgehead atoms. The van der Waals surface area contributed by atoms with E-state index in [-0.39, 0.29) is 5.38 Å². The van der Waals surface area contributed by atoms with Gasteiger partial charge in [-0.2, -0.15) is 5.43 Å². The van der Waals surface area contributed by atoms with Crippen LogP contribution in [0.25, 0.3) is 0 Å². The maximum absolute atomic E-state index is 5.67. The Morgan fingerprint density at radius 3 is 2.71 bits per heavy atom. The number of hydrogen-bond acceptors (Lipinski definition) is 1. The fraction of sp³-hybridized carbons (Fsp3) is 1.00. The van der Waals surface area contributed by atoms with Crippen LogP contribution in [0.2, 0.25) is 0 Å². The lowest BCUT2D eigenvalue weighted by Crippen LogP contribution is -2.18. The second-order valence-electron chi connectivity index (χ2n) is 1.76. The van der Waals surface area contributed by atoms with Crippen LogP contribution in [0.4, 0.5) is 0 Å². The molecule has 1 radical (unpaired) electrons. The summed E-state index contributed by atoms with van der Waals surface area (Å²) in [6.45, 7) is 1.69. The average Bonchev–Trinajstić information content (AvgIpc) is 1.87. The predicted octanol–water partition coefficient (Wildman–Crippen LogP) is 0.0586. The van der Waals surface area contributed by atoms with Crippen molar-refractivity contribution in [2.24, 2.45) is 0 Å². The fourth-order valence-electron chi connectivity index (χ4n) is 0.630. The third-order valence-electron chi connectivity index (χ3n) is 0.984. The van der Waals surface area contributed by atoms with Gasteiger partial charge in [0.25, 0.3) is 0 Å². The normalized spacial score (nSPS) is 34.3. The lowest BCUT2D eigenvalue weighted by molar-refractivity contribution is 0.307. The summed E-state index contributed by atoms with van der Waals surface area (Å²) in [6.07, 6.45) is 0. The van der Waals surface area contributed by atoms with Gasteiger partial charge in [-0.25, -0.2) is 5.01 Å². The minimum absolute atomic E-state index is 0.255. The molecular formula is C4H8ClN2. The minimum Gasteiger partial charge on any atom is -0.228 e. The molecule has 1 heterocycles. The Labute approximate surface area is 48.4 Å². The van der Waals surface area contributed by atoms with Crippen LogP contribution in [0.15, 0.2) is 0 Å². The zero-order chi connectivity index (χ0) is 5.28. The highest BCUT2D eigenvalue weighted by Crippen LogP contribution is 2.02. The molecule has 7 heavy (non-hydrogen) atoms. The van der Waals surface area contributed by atoms with Gasteiger partial charge in [-0.3, -0.25) is 0 Å². The topological polar surface area (TPSA) is 17.3 Å². The smallest absolute Gasteiger partial charge is 0.0633 e. The molecule has 0 spiro atoms. The van der Waals surface area contributed by atoms with Crippen molar-refractivity contribution in [2.75, 3.05) is 20.1 Å². The van der Waals surface area contributed by atoms with Gasteiger partial charge in [-0.05, 0) is 0 Å². The second-order valence-corrected chi connectivity index (χ2v) is 2.38. The van der Waals surface area contributed by atoms with Crippen molar-refractivity contribution in [3.63, 3.8) is 0 Å². The van der Waals surface area contributed by atoms with Crippen molar-refractivity contribution in [1.82, 2.24) is 10.4 Å². The maximum Gasteiger partial charge on any atom is 0.0633 e. The molecule has 0 N–H and O–H groups in total. The summed E-state index contributed by atoms with van der Waals surface area (Å²) in [5, 5.41) is 2.13. The Bertz CT molecular complexity index is 58.7. The van der Waals surface area contributed by atoms with E-state index in [9.17, 15) is 0 Å². The number of hydrogen-bond donors (Lipinski definition) is 0. The van der Waals surface area contributed by atoms with Crippen molar-refractivity contribution in [1.29, 1.82) is 0 Å². The van der Waals surface area contributed by atoms with Crippen LogP contribution in [0, 0.1) is 0 Å². The van der Waals surface area contributed by atoms with Crippen molar-refractivity contribution in [3.05, 3.63) is 0 Å².